The van der Waals surface area contributed by atoms with Crippen LogP contribution in [0.1, 0.15) is 63.6 Å². The molecule has 2 atom stereocenters. The fourth-order valence-corrected chi connectivity index (χ4v) is 3.63. The molecule has 5 nitrogen and oxygen atoms in total. The van der Waals surface area contributed by atoms with Gasteiger partial charge in [0.1, 0.15) is 12.4 Å². The predicted octanol–water partition coefficient (Wildman–Crippen LogP) is 2.43. The third-order valence-corrected chi connectivity index (χ3v) is 4.85. The van der Waals surface area contributed by atoms with Crippen molar-refractivity contribution >= 4 is 0 Å². The summed E-state index contributed by atoms with van der Waals surface area (Å²) in [4.78, 5) is 4.68. The molecule has 0 aromatic carbocycles. The molecule has 1 aliphatic heterocycles. The van der Waals surface area contributed by atoms with Crippen LogP contribution in [0.4, 0.5) is 0 Å². The number of nitrogens with one attached hydrogen (secondary N) is 1. The van der Waals surface area contributed by atoms with Crippen molar-refractivity contribution in [2.75, 3.05) is 7.11 Å². The van der Waals surface area contributed by atoms with Gasteiger partial charge in [-0.15, -0.1) is 0 Å². The van der Waals surface area contributed by atoms with Crippen LogP contribution in [0.25, 0.3) is 0 Å². The van der Waals surface area contributed by atoms with Gasteiger partial charge in [-0.1, -0.05) is 20.3 Å². The van der Waals surface area contributed by atoms with Gasteiger partial charge >= 0.3 is 0 Å². The Kier molecular flexibility index (Phi) is 3.82. The van der Waals surface area contributed by atoms with E-state index in [2.05, 4.69) is 33.9 Å². The van der Waals surface area contributed by atoms with Crippen LogP contribution in [0.3, 0.4) is 0 Å². The molecule has 0 radical (unpaired) electrons. The first-order chi connectivity index (χ1) is 9.60. The predicted molar refractivity (Wildman–Crippen MR) is 77.3 cm³/mol. The first-order valence-electron chi connectivity index (χ1n) is 7.79. The SMILES string of the molecule is COCc1nc2n(n1)CCC[C@H]2N[C@@H]1CCCC1(C)C. The average molecular weight is 278 g/mol. The van der Waals surface area contributed by atoms with Gasteiger partial charge in [0.2, 0.25) is 0 Å². The highest BCUT2D eigenvalue weighted by Gasteiger charge is 2.37. The minimum Gasteiger partial charge on any atom is -0.377 e. The molecule has 3 rings (SSSR count). The summed E-state index contributed by atoms with van der Waals surface area (Å²) in [7, 11) is 1.69. The molecule has 0 spiro atoms. The van der Waals surface area contributed by atoms with Crippen LogP contribution in [-0.2, 0) is 17.9 Å². The molecule has 5 heteroatoms. The maximum atomic E-state index is 5.15. The van der Waals surface area contributed by atoms with Crippen molar-refractivity contribution in [1.82, 2.24) is 20.1 Å². The van der Waals surface area contributed by atoms with Gasteiger partial charge in [0.15, 0.2) is 5.82 Å². The minimum absolute atomic E-state index is 0.351. The molecule has 0 saturated heterocycles. The van der Waals surface area contributed by atoms with Crippen molar-refractivity contribution in [2.45, 2.75) is 71.2 Å². The van der Waals surface area contributed by atoms with Gasteiger partial charge in [0, 0.05) is 19.7 Å². The van der Waals surface area contributed by atoms with E-state index >= 15 is 0 Å². The van der Waals surface area contributed by atoms with Crippen LogP contribution in [0, 0.1) is 5.41 Å². The molecule has 1 fully saturated rings. The van der Waals surface area contributed by atoms with Gasteiger partial charge in [0.25, 0.3) is 0 Å². The summed E-state index contributed by atoms with van der Waals surface area (Å²) >= 11 is 0. The Morgan fingerprint density at radius 1 is 1.35 bits per heavy atom. The largest absolute Gasteiger partial charge is 0.377 e. The molecule has 0 bridgehead atoms. The van der Waals surface area contributed by atoms with Crippen LogP contribution in [0.2, 0.25) is 0 Å². The Hall–Kier alpha value is -0.940. The van der Waals surface area contributed by atoms with Crippen molar-refractivity contribution in [3.05, 3.63) is 11.6 Å². The number of nitrogens with zero attached hydrogens (tertiary/aromatic N) is 3. The van der Waals surface area contributed by atoms with E-state index in [1.54, 1.807) is 7.11 Å². The average Bonchev–Trinajstić information content (AvgIpc) is 2.94. The van der Waals surface area contributed by atoms with E-state index in [0.29, 0.717) is 24.1 Å². The van der Waals surface area contributed by atoms with Gasteiger partial charge in [-0.3, -0.25) is 0 Å². The number of aromatic nitrogens is 3. The zero-order valence-corrected chi connectivity index (χ0v) is 12.9. The van der Waals surface area contributed by atoms with Crippen molar-refractivity contribution in [3.63, 3.8) is 0 Å². The van der Waals surface area contributed by atoms with Gasteiger partial charge in [0.05, 0.1) is 6.04 Å². The summed E-state index contributed by atoms with van der Waals surface area (Å²) in [5.74, 6) is 1.91. The van der Waals surface area contributed by atoms with Crippen LogP contribution in [0.5, 0.6) is 0 Å². The van der Waals surface area contributed by atoms with Crippen LogP contribution in [-0.4, -0.2) is 27.9 Å². The highest BCUT2D eigenvalue weighted by molar-refractivity contribution is 5.04. The van der Waals surface area contributed by atoms with E-state index in [0.717, 1.165) is 24.6 Å². The monoisotopic (exact) mass is 278 g/mol. The third kappa shape index (κ3) is 2.61. The van der Waals surface area contributed by atoms with E-state index in [1.807, 2.05) is 0 Å². The lowest BCUT2D eigenvalue weighted by Gasteiger charge is -2.33. The Balaban J connectivity index is 1.76. The van der Waals surface area contributed by atoms with Crippen molar-refractivity contribution in [1.29, 1.82) is 0 Å². The summed E-state index contributed by atoms with van der Waals surface area (Å²) in [6.45, 7) is 6.24. The Labute approximate surface area is 121 Å². The number of methoxy groups -OCH3 is 1. The van der Waals surface area contributed by atoms with Crippen molar-refractivity contribution < 1.29 is 4.74 Å². The Morgan fingerprint density at radius 3 is 2.90 bits per heavy atom. The second kappa shape index (κ2) is 5.45. The lowest BCUT2D eigenvalue weighted by molar-refractivity contribution is 0.177. The molecule has 1 N–H and O–H groups in total. The first kappa shape index (κ1) is 14.0. The maximum absolute atomic E-state index is 5.15. The van der Waals surface area contributed by atoms with E-state index in [4.69, 9.17) is 4.74 Å². The molecule has 1 aromatic heterocycles. The molecule has 0 amide bonds. The molecule has 2 heterocycles. The van der Waals surface area contributed by atoms with Crippen LogP contribution in [0.15, 0.2) is 0 Å². The standard InChI is InChI=1S/C15H26N4O/c1-15(2)8-4-7-12(15)16-11-6-5-9-19-14(11)17-13(18-19)10-20-3/h11-12,16H,4-10H2,1-3H3/t11-,12-/m1/s1. The lowest BCUT2D eigenvalue weighted by atomic mass is 9.86. The molecule has 1 saturated carbocycles. The quantitative estimate of drug-likeness (QED) is 0.919. The summed E-state index contributed by atoms with van der Waals surface area (Å²) < 4.78 is 7.22. The molecule has 1 aromatic rings. The van der Waals surface area contributed by atoms with Crippen LogP contribution < -0.4 is 5.32 Å². The number of fused-ring (bicyclic) bond motifs is 1. The number of rotatable bonds is 4. The van der Waals surface area contributed by atoms with Gasteiger partial charge in [-0.25, -0.2) is 9.67 Å². The number of hydrogen-bond donors (Lipinski definition) is 1. The van der Waals surface area contributed by atoms with Gasteiger partial charge in [-0.05, 0) is 31.1 Å². The first-order valence-corrected chi connectivity index (χ1v) is 7.79. The molecule has 1 aliphatic carbocycles. The van der Waals surface area contributed by atoms with E-state index in [9.17, 15) is 0 Å². The zero-order chi connectivity index (χ0) is 14.2. The summed E-state index contributed by atoms with van der Waals surface area (Å²) in [6.07, 6.45) is 6.27. The molecule has 0 unspecified atom stereocenters. The lowest BCUT2D eigenvalue weighted by Crippen LogP contribution is -2.42. The highest BCUT2D eigenvalue weighted by Crippen LogP contribution is 2.39. The molecule has 112 valence electrons. The van der Waals surface area contributed by atoms with Crippen LogP contribution >= 0.6 is 0 Å². The number of ether oxygens (including phenoxy) is 1. The number of aryl methyl sites for hydroxylation is 1. The maximum Gasteiger partial charge on any atom is 0.176 e. The normalized spacial score (nSPS) is 28.6. The number of hydrogen-bond acceptors (Lipinski definition) is 4. The Morgan fingerprint density at radius 2 is 2.20 bits per heavy atom. The smallest absolute Gasteiger partial charge is 0.176 e. The fourth-order valence-electron chi connectivity index (χ4n) is 3.63. The van der Waals surface area contributed by atoms with Gasteiger partial charge < -0.3 is 10.1 Å². The highest BCUT2D eigenvalue weighted by atomic mass is 16.5. The minimum atomic E-state index is 0.351. The second-order valence-electron chi connectivity index (χ2n) is 6.84. The second-order valence-corrected chi connectivity index (χ2v) is 6.84. The zero-order valence-electron chi connectivity index (χ0n) is 12.9. The topological polar surface area (TPSA) is 52.0 Å². The van der Waals surface area contributed by atoms with E-state index in [-0.39, 0.29) is 0 Å². The molecular formula is C15H26N4O. The summed E-state index contributed by atoms with van der Waals surface area (Å²) in [5.41, 5.74) is 0.400. The van der Waals surface area contributed by atoms with Crippen molar-refractivity contribution in [3.8, 4) is 0 Å². The van der Waals surface area contributed by atoms with E-state index in [1.165, 1.54) is 25.7 Å². The molecule has 2 aliphatic rings. The van der Waals surface area contributed by atoms with Gasteiger partial charge in [-0.2, -0.15) is 5.10 Å². The fraction of sp³-hybridized carbons (Fsp3) is 0.867. The summed E-state index contributed by atoms with van der Waals surface area (Å²) in [6, 6.07) is 0.950. The molecular weight excluding hydrogens is 252 g/mol. The Bertz CT molecular complexity index is 468. The molecule has 20 heavy (non-hydrogen) atoms. The van der Waals surface area contributed by atoms with Crippen molar-refractivity contribution in [2.24, 2.45) is 5.41 Å². The third-order valence-electron chi connectivity index (χ3n) is 4.85. The van der Waals surface area contributed by atoms with E-state index < -0.39 is 0 Å². The summed E-state index contributed by atoms with van der Waals surface area (Å²) in [5, 5.41) is 8.40.